The summed E-state index contributed by atoms with van der Waals surface area (Å²) in [6.45, 7) is 8.20. The van der Waals surface area contributed by atoms with Crippen LogP contribution in [0.5, 0.6) is 0 Å². The normalized spacial score (nSPS) is 12.5. The van der Waals surface area contributed by atoms with Crippen molar-refractivity contribution in [3.8, 4) is 0 Å². The van der Waals surface area contributed by atoms with Crippen LogP contribution in [0.2, 0.25) is 0 Å². The minimum absolute atomic E-state index is 0.0203. The lowest BCUT2D eigenvalue weighted by Gasteiger charge is -2.23. The Bertz CT molecular complexity index is 419. The van der Waals surface area contributed by atoms with Crippen molar-refractivity contribution >= 4 is 17.8 Å². The van der Waals surface area contributed by atoms with E-state index in [1.54, 1.807) is 0 Å². The molecule has 108 valence electrons. The van der Waals surface area contributed by atoms with Crippen molar-refractivity contribution in [2.75, 3.05) is 13.6 Å². The maximum atomic E-state index is 11.9. The highest BCUT2D eigenvalue weighted by molar-refractivity contribution is 6.02. The zero-order valence-electron chi connectivity index (χ0n) is 12.3. The SMILES string of the molecule is C/C(C(=O)O)=C(\C)C(=O)N(C)CC(=O)NC(C)(C)C. The van der Waals surface area contributed by atoms with E-state index in [1.165, 1.54) is 25.8 Å². The molecular weight excluding hydrogens is 248 g/mol. The predicted molar refractivity (Wildman–Crippen MR) is 71.5 cm³/mol. The average molecular weight is 270 g/mol. The van der Waals surface area contributed by atoms with Crippen LogP contribution in [-0.2, 0) is 14.4 Å². The van der Waals surface area contributed by atoms with Crippen LogP contribution in [0.4, 0.5) is 0 Å². The lowest BCUT2D eigenvalue weighted by molar-refractivity contribution is -0.134. The summed E-state index contributed by atoms with van der Waals surface area (Å²) in [5.74, 6) is -1.90. The number of amides is 2. The molecule has 6 heteroatoms. The van der Waals surface area contributed by atoms with E-state index in [4.69, 9.17) is 5.11 Å². The van der Waals surface area contributed by atoms with Gasteiger partial charge in [0.05, 0.1) is 6.54 Å². The molecule has 0 rings (SSSR count). The molecule has 0 bridgehead atoms. The van der Waals surface area contributed by atoms with Gasteiger partial charge in [-0.25, -0.2) is 4.79 Å². The average Bonchev–Trinajstić information content (AvgIpc) is 2.22. The van der Waals surface area contributed by atoms with Crippen LogP contribution < -0.4 is 5.32 Å². The van der Waals surface area contributed by atoms with Gasteiger partial charge in [-0.3, -0.25) is 9.59 Å². The van der Waals surface area contributed by atoms with E-state index in [0.29, 0.717) is 0 Å². The summed E-state index contributed by atoms with van der Waals surface area (Å²) in [5.41, 5.74) is -0.269. The largest absolute Gasteiger partial charge is 0.478 e. The lowest BCUT2D eigenvalue weighted by atomic mass is 10.1. The number of carboxylic acids is 1. The summed E-state index contributed by atoms with van der Waals surface area (Å²) < 4.78 is 0. The van der Waals surface area contributed by atoms with E-state index >= 15 is 0 Å². The molecule has 0 aliphatic rings. The predicted octanol–water partition coefficient (Wildman–Crippen LogP) is 0.781. The number of rotatable bonds is 4. The third-order valence-electron chi connectivity index (χ3n) is 2.45. The summed E-state index contributed by atoms with van der Waals surface area (Å²) in [7, 11) is 1.46. The Balaban J connectivity index is 4.73. The standard InChI is InChI=1S/C13H22N2O4/c1-8(9(2)12(18)19)11(17)15(6)7-10(16)14-13(3,4)5/h7H2,1-6H3,(H,14,16)(H,18,19)/b9-8-. The molecule has 0 unspecified atom stereocenters. The van der Waals surface area contributed by atoms with Crippen LogP contribution in [0.3, 0.4) is 0 Å². The van der Waals surface area contributed by atoms with Gasteiger partial charge in [0.1, 0.15) is 0 Å². The van der Waals surface area contributed by atoms with Crippen LogP contribution in [0, 0.1) is 0 Å². The van der Waals surface area contributed by atoms with Gasteiger partial charge in [-0.1, -0.05) is 0 Å². The third kappa shape index (κ3) is 6.03. The summed E-state index contributed by atoms with van der Waals surface area (Å²) in [5, 5.41) is 11.5. The Morgan fingerprint density at radius 1 is 1.11 bits per heavy atom. The molecule has 2 amide bonds. The molecule has 0 radical (unpaired) electrons. The van der Waals surface area contributed by atoms with Gasteiger partial charge in [0.25, 0.3) is 0 Å². The Morgan fingerprint density at radius 3 is 1.95 bits per heavy atom. The van der Waals surface area contributed by atoms with E-state index < -0.39 is 11.9 Å². The van der Waals surface area contributed by atoms with Crippen LogP contribution in [0.25, 0.3) is 0 Å². The summed E-state index contributed by atoms with van der Waals surface area (Å²) >= 11 is 0. The van der Waals surface area contributed by atoms with Gasteiger partial charge in [0.15, 0.2) is 0 Å². The highest BCUT2D eigenvalue weighted by Gasteiger charge is 2.20. The second kappa shape index (κ2) is 6.36. The van der Waals surface area contributed by atoms with Gasteiger partial charge in [0, 0.05) is 23.7 Å². The van der Waals surface area contributed by atoms with E-state index in [0.717, 1.165) is 0 Å². The quantitative estimate of drug-likeness (QED) is 0.739. The molecule has 0 heterocycles. The third-order valence-corrected chi connectivity index (χ3v) is 2.45. The van der Waals surface area contributed by atoms with Crippen molar-refractivity contribution in [2.45, 2.75) is 40.2 Å². The number of nitrogens with one attached hydrogen (secondary N) is 1. The summed E-state index contributed by atoms with van der Waals surface area (Å²) in [6.07, 6.45) is 0. The molecule has 0 aromatic carbocycles. The molecule has 0 aromatic heterocycles. The second-order valence-corrected chi connectivity index (χ2v) is 5.51. The maximum Gasteiger partial charge on any atom is 0.331 e. The molecule has 0 aliphatic carbocycles. The first-order chi connectivity index (χ1) is 8.45. The van der Waals surface area contributed by atoms with Crippen molar-refractivity contribution < 1.29 is 19.5 Å². The topological polar surface area (TPSA) is 86.7 Å². The van der Waals surface area contributed by atoms with Crippen molar-refractivity contribution in [3.63, 3.8) is 0 Å². The van der Waals surface area contributed by atoms with Crippen LogP contribution in [0.15, 0.2) is 11.1 Å². The zero-order valence-corrected chi connectivity index (χ0v) is 12.3. The fraction of sp³-hybridized carbons (Fsp3) is 0.615. The molecule has 0 saturated carbocycles. The number of hydrogen-bond donors (Lipinski definition) is 2. The molecular formula is C13H22N2O4. The highest BCUT2D eigenvalue weighted by atomic mass is 16.4. The number of carbonyl (C=O) groups excluding carboxylic acids is 2. The molecule has 2 N–H and O–H groups in total. The number of nitrogens with zero attached hydrogens (tertiary/aromatic N) is 1. The van der Waals surface area contributed by atoms with Gasteiger partial charge < -0.3 is 15.3 Å². The van der Waals surface area contributed by atoms with Crippen molar-refractivity contribution in [2.24, 2.45) is 0 Å². The van der Waals surface area contributed by atoms with Crippen molar-refractivity contribution in [1.29, 1.82) is 0 Å². The van der Waals surface area contributed by atoms with Gasteiger partial charge >= 0.3 is 5.97 Å². The van der Waals surface area contributed by atoms with Gasteiger partial charge in [0.2, 0.25) is 11.8 Å². The second-order valence-electron chi connectivity index (χ2n) is 5.51. The minimum atomic E-state index is -1.14. The van der Waals surface area contributed by atoms with E-state index in [1.807, 2.05) is 20.8 Å². The smallest absolute Gasteiger partial charge is 0.331 e. The fourth-order valence-electron chi connectivity index (χ4n) is 1.35. The van der Waals surface area contributed by atoms with E-state index in [-0.39, 0.29) is 29.1 Å². The van der Waals surface area contributed by atoms with E-state index in [9.17, 15) is 14.4 Å². The zero-order chi connectivity index (χ0) is 15.4. The monoisotopic (exact) mass is 270 g/mol. The van der Waals surface area contributed by atoms with Crippen LogP contribution in [-0.4, -0.2) is 46.9 Å². The van der Waals surface area contributed by atoms with Crippen molar-refractivity contribution in [3.05, 3.63) is 11.1 Å². The Morgan fingerprint density at radius 2 is 1.58 bits per heavy atom. The number of aliphatic carboxylic acids is 1. The molecule has 0 atom stereocenters. The molecule has 0 aliphatic heterocycles. The first-order valence-corrected chi connectivity index (χ1v) is 5.93. The van der Waals surface area contributed by atoms with E-state index in [2.05, 4.69) is 5.32 Å². The van der Waals surface area contributed by atoms with Crippen LogP contribution >= 0.6 is 0 Å². The fourth-order valence-corrected chi connectivity index (χ4v) is 1.35. The van der Waals surface area contributed by atoms with Gasteiger partial charge in [-0.2, -0.15) is 0 Å². The molecule has 0 fully saturated rings. The highest BCUT2D eigenvalue weighted by Crippen LogP contribution is 2.07. The maximum absolute atomic E-state index is 11.9. The van der Waals surface area contributed by atoms with Gasteiger partial charge in [-0.15, -0.1) is 0 Å². The first-order valence-electron chi connectivity index (χ1n) is 5.93. The molecule has 0 spiro atoms. The Labute approximate surface area is 113 Å². The molecule has 19 heavy (non-hydrogen) atoms. The lowest BCUT2D eigenvalue weighted by Crippen LogP contribution is -2.46. The number of likely N-dealkylation sites (N-methyl/N-ethyl adjacent to an activating group) is 1. The summed E-state index contributed by atoms with van der Waals surface area (Å²) in [6, 6.07) is 0. The number of carboxylic acid groups (broad SMARTS) is 1. The minimum Gasteiger partial charge on any atom is -0.478 e. The Kier molecular flexibility index (Phi) is 5.74. The van der Waals surface area contributed by atoms with Crippen molar-refractivity contribution in [1.82, 2.24) is 10.2 Å². The number of carbonyl (C=O) groups is 3. The molecule has 0 aromatic rings. The molecule has 6 nitrogen and oxygen atoms in total. The Hall–Kier alpha value is -1.85. The number of hydrogen-bond acceptors (Lipinski definition) is 3. The molecule has 0 saturated heterocycles. The van der Waals surface area contributed by atoms with Gasteiger partial charge in [-0.05, 0) is 34.6 Å². The first kappa shape index (κ1) is 17.2. The van der Waals surface area contributed by atoms with Crippen LogP contribution in [0.1, 0.15) is 34.6 Å². The summed E-state index contributed by atoms with van der Waals surface area (Å²) in [4.78, 5) is 35.5.